The molecule has 2 atom stereocenters. The van der Waals surface area contributed by atoms with Crippen molar-refractivity contribution in [2.75, 3.05) is 40.5 Å². The van der Waals surface area contributed by atoms with Crippen molar-refractivity contribution in [2.45, 2.75) is 18.6 Å². The van der Waals surface area contributed by atoms with E-state index in [1.807, 2.05) is 35.2 Å². The third-order valence-electron chi connectivity index (χ3n) is 5.48. The number of carbonyl (C=O) groups excluding carboxylic acids is 1. The number of ether oxygens (including phenoxy) is 3. The highest BCUT2D eigenvalue weighted by Crippen LogP contribution is 2.41. The molecule has 0 aromatic heterocycles. The number of amides is 1. The van der Waals surface area contributed by atoms with Crippen molar-refractivity contribution in [2.24, 2.45) is 0 Å². The minimum absolute atomic E-state index is 0.0292. The molecule has 6 heteroatoms. The zero-order valence-corrected chi connectivity index (χ0v) is 16.3. The summed E-state index contributed by atoms with van der Waals surface area (Å²) in [5.41, 5.74) is 3.33. The number of morpholine rings is 1. The number of hydrogen-bond acceptors (Lipinski definition) is 5. The zero-order valence-electron chi connectivity index (χ0n) is 16.3. The summed E-state index contributed by atoms with van der Waals surface area (Å²) in [7, 11) is 3.28. The molecule has 28 heavy (non-hydrogen) atoms. The molecule has 2 aromatic rings. The second kappa shape index (κ2) is 8.20. The Bertz CT molecular complexity index is 834. The van der Waals surface area contributed by atoms with Crippen LogP contribution in [0.1, 0.15) is 22.7 Å². The number of rotatable bonds is 4. The molecule has 0 spiro atoms. The molecule has 1 amide bonds. The van der Waals surface area contributed by atoms with Crippen molar-refractivity contribution in [3.05, 3.63) is 59.2 Å². The Morgan fingerprint density at radius 3 is 2.57 bits per heavy atom. The highest BCUT2D eigenvalue weighted by atomic mass is 16.5. The number of hydrogen-bond donors (Lipinski definition) is 1. The molecule has 1 fully saturated rings. The Kier molecular flexibility index (Phi) is 5.50. The van der Waals surface area contributed by atoms with Gasteiger partial charge in [-0.25, -0.2) is 0 Å². The SMILES string of the molecule is COc1cc2c(cc1OC)C(c1ccccc1)N(C(=O)C1CNCCO1)CC2. The monoisotopic (exact) mass is 382 g/mol. The van der Waals surface area contributed by atoms with Crippen molar-refractivity contribution >= 4 is 5.91 Å². The minimum atomic E-state index is -0.443. The lowest BCUT2D eigenvalue weighted by Gasteiger charge is -2.40. The van der Waals surface area contributed by atoms with Crippen LogP contribution in [0.25, 0.3) is 0 Å². The molecule has 2 heterocycles. The fourth-order valence-electron chi connectivity index (χ4n) is 4.09. The van der Waals surface area contributed by atoms with Crippen LogP contribution in [0.2, 0.25) is 0 Å². The Morgan fingerprint density at radius 1 is 1.14 bits per heavy atom. The van der Waals surface area contributed by atoms with Gasteiger partial charge in [-0.3, -0.25) is 4.79 Å². The van der Waals surface area contributed by atoms with Crippen LogP contribution in [0, 0.1) is 0 Å². The summed E-state index contributed by atoms with van der Waals surface area (Å²) in [4.78, 5) is 15.3. The van der Waals surface area contributed by atoms with Crippen LogP contribution in [-0.2, 0) is 16.0 Å². The van der Waals surface area contributed by atoms with Crippen LogP contribution >= 0.6 is 0 Å². The van der Waals surface area contributed by atoms with Crippen LogP contribution in [-0.4, -0.2) is 57.4 Å². The van der Waals surface area contributed by atoms with Crippen LogP contribution < -0.4 is 14.8 Å². The summed E-state index contributed by atoms with van der Waals surface area (Å²) < 4.78 is 16.8. The van der Waals surface area contributed by atoms with Gasteiger partial charge in [-0.1, -0.05) is 30.3 Å². The summed E-state index contributed by atoms with van der Waals surface area (Å²) in [6.07, 6.45) is 0.326. The molecule has 0 radical (unpaired) electrons. The van der Waals surface area contributed by atoms with Gasteiger partial charge in [-0.15, -0.1) is 0 Å². The molecule has 2 aliphatic heterocycles. The topological polar surface area (TPSA) is 60.0 Å². The van der Waals surface area contributed by atoms with E-state index in [0.717, 1.165) is 24.1 Å². The third-order valence-corrected chi connectivity index (χ3v) is 5.48. The molecular weight excluding hydrogens is 356 g/mol. The van der Waals surface area contributed by atoms with Crippen molar-refractivity contribution in [1.82, 2.24) is 10.2 Å². The summed E-state index contributed by atoms with van der Waals surface area (Å²) >= 11 is 0. The predicted molar refractivity (Wildman–Crippen MR) is 106 cm³/mol. The molecule has 148 valence electrons. The molecule has 6 nitrogen and oxygen atoms in total. The molecule has 2 aromatic carbocycles. The molecule has 2 aliphatic rings. The predicted octanol–water partition coefficient (Wildman–Crippen LogP) is 2.17. The third kappa shape index (κ3) is 3.45. The molecule has 4 rings (SSSR count). The van der Waals surface area contributed by atoms with Crippen LogP contribution in [0.15, 0.2) is 42.5 Å². The van der Waals surface area contributed by atoms with Gasteiger partial charge in [0.15, 0.2) is 11.5 Å². The highest BCUT2D eigenvalue weighted by molar-refractivity contribution is 5.83. The van der Waals surface area contributed by atoms with E-state index in [4.69, 9.17) is 14.2 Å². The quantitative estimate of drug-likeness (QED) is 0.878. The molecular formula is C22H26N2O4. The van der Waals surface area contributed by atoms with Crippen molar-refractivity contribution in [3.63, 3.8) is 0 Å². The maximum Gasteiger partial charge on any atom is 0.253 e. The Morgan fingerprint density at radius 2 is 1.89 bits per heavy atom. The van der Waals surface area contributed by atoms with Gasteiger partial charge < -0.3 is 24.4 Å². The normalized spacial score (nSPS) is 21.7. The van der Waals surface area contributed by atoms with E-state index in [1.165, 1.54) is 5.56 Å². The molecule has 0 aliphatic carbocycles. The summed E-state index contributed by atoms with van der Waals surface area (Å²) in [5.74, 6) is 1.42. The lowest BCUT2D eigenvalue weighted by molar-refractivity contribution is -0.147. The van der Waals surface area contributed by atoms with Gasteiger partial charge in [-0.05, 0) is 35.2 Å². The van der Waals surface area contributed by atoms with E-state index < -0.39 is 6.10 Å². The second-order valence-electron chi connectivity index (χ2n) is 7.06. The largest absolute Gasteiger partial charge is 0.493 e. The number of carbonyl (C=O) groups is 1. The minimum Gasteiger partial charge on any atom is -0.493 e. The second-order valence-corrected chi connectivity index (χ2v) is 7.06. The zero-order chi connectivity index (χ0) is 19.5. The maximum absolute atomic E-state index is 13.3. The number of nitrogens with one attached hydrogen (secondary N) is 1. The lowest BCUT2D eigenvalue weighted by atomic mass is 9.87. The van der Waals surface area contributed by atoms with Gasteiger partial charge in [0.25, 0.3) is 5.91 Å². The fraction of sp³-hybridized carbons (Fsp3) is 0.409. The summed E-state index contributed by atoms with van der Waals surface area (Å²) in [6, 6.07) is 14.0. The highest BCUT2D eigenvalue weighted by Gasteiger charge is 2.37. The van der Waals surface area contributed by atoms with Gasteiger partial charge in [-0.2, -0.15) is 0 Å². The van der Waals surface area contributed by atoms with Crippen LogP contribution in [0.3, 0.4) is 0 Å². The van der Waals surface area contributed by atoms with Gasteiger partial charge in [0.1, 0.15) is 6.10 Å². The smallest absolute Gasteiger partial charge is 0.253 e. The first-order valence-electron chi connectivity index (χ1n) is 9.65. The summed E-state index contributed by atoms with van der Waals surface area (Å²) in [6.45, 7) is 2.53. The van der Waals surface area contributed by atoms with Crippen molar-refractivity contribution < 1.29 is 19.0 Å². The van der Waals surface area contributed by atoms with Crippen LogP contribution in [0.5, 0.6) is 11.5 Å². The van der Waals surface area contributed by atoms with E-state index in [0.29, 0.717) is 31.2 Å². The standard InChI is InChI=1S/C22H26N2O4/c1-26-18-12-16-8-10-24(22(25)20-14-23-9-11-28-20)21(15-6-4-3-5-7-15)17(16)13-19(18)27-2/h3-7,12-13,20-21,23H,8-11,14H2,1-2H3. The first kappa shape index (κ1) is 18.8. The lowest BCUT2D eigenvalue weighted by Crippen LogP contribution is -2.52. The van der Waals surface area contributed by atoms with E-state index in [1.54, 1.807) is 14.2 Å². The van der Waals surface area contributed by atoms with Gasteiger partial charge in [0, 0.05) is 19.6 Å². The van der Waals surface area contributed by atoms with Crippen molar-refractivity contribution in [1.29, 1.82) is 0 Å². The fourth-order valence-corrected chi connectivity index (χ4v) is 4.09. The van der Waals surface area contributed by atoms with Gasteiger partial charge >= 0.3 is 0 Å². The van der Waals surface area contributed by atoms with E-state index >= 15 is 0 Å². The van der Waals surface area contributed by atoms with Crippen LogP contribution in [0.4, 0.5) is 0 Å². The van der Waals surface area contributed by atoms with Crippen molar-refractivity contribution in [3.8, 4) is 11.5 Å². The van der Waals surface area contributed by atoms with E-state index in [-0.39, 0.29) is 11.9 Å². The number of benzene rings is 2. The maximum atomic E-state index is 13.3. The average Bonchev–Trinajstić information content (AvgIpc) is 2.77. The molecule has 0 bridgehead atoms. The number of fused-ring (bicyclic) bond motifs is 1. The first-order valence-corrected chi connectivity index (χ1v) is 9.65. The Labute approximate surface area is 165 Å². The molecule has 2 unspecified atom stereocenters. The molecule has 0 saturated carbocycles. The average molecular weight is 382 g/mol. The van der Waals surface area contributed by atoms with Gasteiger partial charge in [0.05, 0.1) is 26.9 Å². The number of methoxy groups -OCH3 is 2. The molecule has 1 saturated heterocycles. The van der Waals surface area contributed by atoms with E-state index in [9.17, 15) is 4.79 Å². The first-order chi connectivity index (χ1) is 13.7. The Balaban J connectivity index is 1.77. The number of nitrogens with zero attached hydrogens (tertiary/aromatic N) is 1. The molecule has 1 N–H and O–H groups in total. The van der Waals surface area contributed by atoms with E-state index in [2.05, 4.69) is 17.4 Å². The summed E-state index contributed by atoms with van der Waals surface area (Å²) in [5, 5.41) is 3.25. The Hall–Kier alpha value is -2.57. The van der Waals surface area contributed by atoms with Gasteiger partial charge in [0.2, 0.25) is 0 Å².